The third kappa shape index (κ3) is 7.25. The molecule has 0 aliphatic rings. The summed E-state index contributed by atoms with van der Waals surface area (Å²) in [6.07, 6.45) is 7.14. The first-order chi connectivity index (χ1) is 13.2. The fourth-order valence-corrected chi connectivity index (χ4v) is 2.47. The molecular weight excluding hydrogens is 342 g/mol. The molecule has 0 aliphatic carbocycles. The van der Waals surface area contributed by atoms with Crippen molar-refractivity contribution in [1.29, 1.82) is 0 Å². The Morgan fingerprint density at radius 1 is 1.04 bits per heavy atom. The number of nitrogens with zero attached hydrogens (tertiary/aromatic N) is 3. The maximum atomic E-state index is 11.9. The summed E-state index contributed by atoms with van der Waals surface area (Å²) in [6, 6.07) is 11.4. The predicted molar refractivity (Wildman–Crippen MR) is 105 cm³/mol. The van der Waals surface area contributed by atoms with Gasteiger partial charge in [0.05, 0.1) is 30.5 Å². The van der Waals surface area contributed by atoms with Crippen LogP contribution in [0.4, 0.5) is 4.79 Å². The first-order valence-corrected chi connectivity index (χ1v) is 9.73. The lowest BCUT2D eigenvalue weighted by molar-refractivity contribution is 0.154. The van der Waals surface area contributed by atoms with Crippen molar-refractivity contribution < 1.29 is 14.3 Å². The number of para-hydroxylation sites is 1. The lowest BCUT2D eigenvalue weighted by Gasteiger charge is -2.13. The van der Waals surface area contributed by atoms with Crippen LogP contribution in [0, 0.1) is 0 Å². The van der Waals surface area contributed by atoms with Crippen molar-refractivity contribution in [2.24, 2.45) is 4.99 Å². The average molecular weight is 371 g/mol. The van der Waals surface area contributed by atoms with Crippen LogP contribution in [-0.4, -0.2) is 29.1 Å². The molecule has 1 amide bonds. The van der Waals surface area contributed by atoms with E-state index in [0.29, 0.717) is 24.5 Å². The highest BCUT2D eigenvalue weighted by Crippen LogP contribution is 2.14. The van der Waals surface area contributed by atoms with Crippen LogP contribution in [0.25, 0.3) is 5.69 Å². The third-order valence-electron chi connectivity index (χ3n) is 3.98. The zero-order valence-corrected chi connectivity index (χ0v) is 16.3. The van der Waals surface area contributed by atoms with Crippen molar-refractivity contribution in [2.75, 3.05) is 13.2 Å². The monoisotopic (exact) mass is 371 g/mol. The number of amides is 1. The van der Waals surface area contributed by atoms with Crippen LogP contribution >= 0.6 is 0 Å². The molecule has 2 aromatic rings. The van der Waals surface area contributed by atoms with E-state index >= 15 is 0 Å². The van der Waals surface area contributed by atoms with E-state index in [1.807, 2.05) is 30.3 Å². The molecule has 0 unspecified atom stereocenters. The molecule has 0 fully saturated rings. The van der Waals surface area contributed by atoms with Crippen molar-refractivity contribution >= 4 is 6.09 Å². The topological polar surface area (TPSA) is 65.7 Å². The molecule has 1 aromatic heterocycles. The maximum Gasteiger partial charge on any atom is 0.434 e. The number of ether oxygens (including phenoxy) is 2. The van der Waals surface area contributed by atoms with Gasteiger partial charge in [0.25, 0.3) is 0 Å². The highest BCUT2D eigenvalue weighted by atomic mass is 16.5. The standard InChI is InChI=1S/C21H29N3O3/c1-3-5-7-11-15-27-21(25)23-18-16-20(26-14-6-4-2)24(22-17-18)19-12-9-8-10-13-19/h8-10,12-13,16-17H,3-7,11,14-15H2,1-2H3. The molecule has 0 saturated heterocycles. The van der Waals surface area contributed by atoms with Gasteiger partial charge in [0.1, 0.15) is 0 Å². The molecule has 0 spiro atoms. The molecule has 146 valence electrons. The van der Waals surface area contributed by atoms with Gasteiger partial charge in [0.2, 0.25) is 5.88 Å². The molecule has 0 bridgehead atoms. The first kappa shape index (κ1) is 20.7. The van der Waals surface area contributed by atoms with Crippen LogP contribution in [0.3, 0.4) is 0 Å². The van der Waals surface area contributed by atoms with Crippen molar-refractivity contribution in [3.8, 4) is 11.6 Å². The zero-order valence-electron chi connectivity index (χ0n) is 16.3. The van der Waals surface area contributed by atoms with Crippen LogP contribution in [0.5, 0.6) is 5.88 Å². The minimum absolute atomic E-state index is 0.395. The predicted octanol–water partition coefficient (Wildman–Crippen LogP) is 4.67. The van der Waals surface area contributed by atoms with E-state index in [0.717, 1.165) is 44.2 Å². The highest BCUT2D eigenvalue weighted by molar-refractivity contribution is 5.68. The lowest BCUT2D eigenvalue weighted by Crippen LogP contribution is -2.16. The number of hydrogen-bond acceptors (Lipinski definition) is 4. The van der Waals surface area contributed by atoms with Crippen LogP contribution in [0.2, 0.25) is 0 Å². The Hall–Kier alpha value is -2.63. The van der Waals surface area contributed by atoms with Gasteiger partial charge in [-0.2, -0.15) is 10.1 Å². The van der Waals surface area contributed by atoms with E-state index in [9.17, 15) is 4.79 Å². The molecule has 0 aliphatic heterocycles. The zero-order chi connectivity index (χ0) is 19.3. The molecule has 27 heavy (non-hydrogen) atoms. The van der Waals surface area contributed by atoms with Crippen molar-refractivity contribution in [3.63, 3.8) is 0 Å². The van der Waals surface area contributed by atoms with Crippen LogP contribution < -0.4 is 10.1 Å². The number of hydrogen-bond donors (Lipinski definition) is 0. The number of unbranched alkanes of at least 4 members (excludes halogenated alkanes) is 4. The minimum atomic E-state index is -0.592. The van der Waals surface area contributed by atoms with Gasteiger partial charge in [-0.05, 0) is 25.0 Å². The summed E-state index contributed by atoms with van der Waals surface area (Å²) < 4.78 is 12.7. The Balaban J connectivity index is 2.12. The van der Waals surface area contributed by atoms with Crippen molar-refractivity contribution in [2.45, 2.75) is 52.4 Å². The SMILES string of the molecule is CCCCCCOC(=O)N=c1cnn(-c2ccccc2)c(OCCCC)c1. The molecule has 1 aromatic carbocycles. The second-order valence-electron chi connectivity index (χ2n) is 6.29. The number of carbonyl (C=O) groups is 1. The van der Waals surface area contributed by atoms with Gasteiger partial charge in [0.15, 0.2) is 0 Å². The lowest BCUT2D eigenvalue weighted by atomic mass is 10.2. The third-order valence-corrected chi connectivity index (χ3v) is 3.98. The molecule has 0 radical (unpaired) electrons. The fourth-order valence-electron chi connectivity index (χ4n) is 2.47. The molecule has 2 rings (SSSR count). The van der Waals surface area contributed by atoms with Crippen LogP contribution in [0.15, 0.2) is 47.6 Å². The number of carbonyl (C=O) groups excluding carboxylic acids is 1. The normalized spacial score (nSPS) is 11.4. The summed E-state index contributed by atoms with van der Waals surface area (Å²) in [5, 5.41) is 4.81. The Kier molecular flexibility index (Phi) is 9.10. The highest BCUT2D eigenvalue weighted by Gasteiger charge is 2.07. The summed E-state index contributed by atoms with van der Waals surface area (Å²) in [7, 11) is 0. The van der Waals surface area contributed by atoms with Crippen molar-refractivity contribution in [3.05, 3.63) is 48.0 Å². The van der Waals surface area contributed by atoms with Crippen LogP contribution in [0.1, 0.15) is 52.4 Å². The fraction of sp³-hybridized carbons (Fsp3) is 0.476. The largest absolute Gasteiger partial charge is 0.478 e. The van der Waals surface area contributed by atoms with Gasteiger partial charge in [-0.15, -0.1) is 0 Å². The van der Waals surface area contributed by atoms with E-state index in [-0.39, 0.29) is 0 Å². The summed E-state index contributed by atoms with van der Waals surface area (Å²) >= 11 is 0. The van der Waals surface area contributed by atoms with Gasteiger partial charge in [-0.1, -0.05) is 57.7 Å². The van der Waals surface area contributed by atoms with E-state index in [4.69, 9.17) is 9.47 Å². The molecule has 0 saturated carbocycles. The van der Waals surface area contributed by atoms with Gasteiger partial charge < -0.3 is 9.47 Å². The quantitative estimate of drug-likeness (QED) is 0.569. The number of aromatic nitrogens is 2. The molecule has 6 nitrogen and oxygen atoms in total. The maximum absolute atomic E-state index is 11.9. The summed E-state index contributed by atoms with van der Waals surface area (Å²) in [4.78, 5) is 15.9. The molecule has 0 N–H and O–H groups in total. The molecule has 6 heteroatoms. The van der Waals surface area contributed by atoms with E-state index < -0.39 is 6.09 Å². The summed E-state index contributed by atoms with van der Waals surface area (Å²) in [6.45, 7) is 5.23. The Morgan fingerprint density at radius 3 is 2.56 bits per heavy atom. The Bertz CT molecular complexity index is 757. The Labute approximate surface area is 160 Å². The van der Waals surface area contributed by atoms with E-state index in [2.05, 4.69) is 23.9 Å². The number of rotatable bonds is 10. The Morgan fingerprint density at radius 2 is 1.81 bits per heavy atom. The van der Waals surface area contributed by atoms with Gasteiger partial charge in [-0.25, -0.2) is 9.48 Å². The molecule has 0 atom stereocenters. The summed E-state index contributed by atoms with van der Waals surface area (Å²) in [5.74, 6) is 0.548. The average Bonchev–Trinajstić information content (AvgIpc) is 2.69. The number of benzene rings is 1. The van der Waals surface area contributed by atoms with Gasteiger partial charge in [-0.3, -0.25) is 0 Å². The van der Waals surface area contributed by atoms with Gasteiger partial charge in [0, 0.05) is 6.07 Å². The summed E-state index contributed by atoms with van der Waals surface area (Å²) in [5.41, 5.74) is 0.883. The first-order valence-electron chi connectivity index (χ1n) is 9.73. The van der Waals surface area contributed by atoms with E-state index in [1.54, 1.807) is 10.7 Å². The molecular formula is C21H29N3O3. The second kappa shape index (κ2) is 11.9. The molecule has 1 heterocycles. The smallest absolute Gasteiger partial charge is 0.434 e. The van der Waals surface area contributed by atoms with Crippen molar-refractivity contribution in [1.82, 2.24) is 9.78 Å². The van der Waals surface area contributed by atoms with Crippen LogP contribution in [-0.2, 0) is 4.74 Å². The van der Waals surface area contributed by atoms with Gasteiger partial charge >= 0.3 is 6.09 Å². The minimum Gasteiger partial charge on any atom is -0.478 e. The second-order valence-corrected chi connectivity index (χ2v) is 6.29. The van der Waals surface area contributed by atoms with E-state index in [1.165, 1.54) is 6.20 Å².